The number of pyridine rings is 1. The quantitative estimate of drug-likeness (QED) is 0.355. The van der Waals surface area contributed by atoms with Gasteiger partial charge < -0.3 is 21.3 Å². The zero-order chi connectivity index (χ0) is 24.9. The van der Waals surface area contributed by atoms with E-state index >= 15 is 0 Å². The van der Waals surface area contributed by atoms with Gasteiger partial charge in [0.05, 0.1) is 6.04 Å². The van der Waals surface area contributed by atoms with Crippen molar-refractivity contribution in [1.29, 1.82) is 0 Å². The van der Waals surface area contributed by atoms with Crippen LogP contribution in [0.5, 0.6) is 0 Å². The first-order chi connectivity index (χ1) is 16.3. The Morgan fingerprint density at radius 2 is 1.53 bits per heavy atom. The molecule has 34 heavy (non-hydrogen) atoms. The number of benzene rings is 1. The number of ketones is 1. The van der Waals surface area contributed by atoms with E-state index in [2.05, 4.69) is 26.3 Å². The van der Waals surface area contributed by atoms with Crippen LogP contribution in [-0.4, -0.2) is 40.7 Å². The number of amides is 4. The van der Waals surface area contributed by atoms with Crippen LogP contribution in [-0.2, 0) is 27.5 Å². The van der Waals surface area contributed by atoms with Crippen LogP contribution >= 0.6 is 0 Å². The molecule has 1 aromatic carbocycles. The van der Waals surface area contributed by atoms with Crippen molar-refractivity contribution in [2.75, 3.05) is 0 Å². The maximum absolute atomic E-state index is 12.9. The van der Waals surface area contributed by atoms with Gasteiger partial charge in [-0.3, -0.25) is 19.4 Å². The molecule has 0 aliphatic heterocycles. The van der Waals surface area contributed by atoms with Gasteiger partial charge in [-0.1, -0.05) is 57.2 Å². The first kappa shape index (κ1) is 26.5. The van der Waals surface area contributed by atoms with E-state index in [1.807, 2.05) is 44.2 Å². The summed E-state index contributed by atoms with van der Waals surface area (Å²) >= 11 is 0. The highest BCUT2D eigenvalue weighted by molar-refractivity contribution is 6.38. The average molecular weight is 468 g/mol. The zero-order valence-corrected chi connectivity index (χ0v) is 19.8. The van der Waals surface area contributed by atoms with Crippen molar-refractivity contribution in [3.63, 3.8) is 0 Å². The van der Waals surface area contributed by atoms with E-state index in [-0.39, 0.29) is 18.9 Å². The van der Waals surface area contributed by atoms with E-state index in [0.717, 1.165) is 11.1 Å². The first-order valence-corrected chi connectivity index (χ1v) is 11.4. The van der Waals surface area contributed by atoms with Gasteiger partial charge in [0.1, 0.15) is 6.04 Å². The summed E-state index contributed by atoms with van der Waals surface area (Å²) in [5, 5.41) is 10.6. The molecule has 4 N–H and O–H groups in total. The monoisotopic (exact) mass is 467 g/mol. The third-order valence-corrected chi connectivity index (χ3v) is 5.07. The predicted molar refractivity (Wildman–Crippen MR) is 128 cm³/mol. The Morgan fingerprint density at radius 3 is 2.15 bits per heavy atom. The van der Waals surface area contributed by atoms with Crippen molar-refractivity contribution in [3.05, 3.63) is 66.0 Å². The Balaban J connectivity index is 1.93. The summed E-state index contributed by atoms with van der Waals surface area (Å²) in [6, 6.07) is 10.6. The molecule has 4 amide bonds. The molecule has 9 heteroatoms. The summed E-state index contributed by atoms with van der Waals surface area (Å²) in [6.45, 7) is 6.03. The molecule has 2 atom stereocenters. The topological polar surface area (TPSA) is 129 Å². The Kier molecular flexibility index (Phi) is 10.7. The fourth-order valence-electron chi connectivity index (χ4n) is 3.25. The summed E-state index contributed by atoms with van der Waals surface area (Å²) in [4.78, 5) is 54.2. The summed E-state index contributed by atoms with van der Waals surface area (Å²) in [7, 11) is 0. The number of carbonyl (C=O) groups is 4. The van der Waals surface area contributed by atoms with Gasteiger partial charge in [0, 0.05) is 25.5 Å². The van der Waals surface area contributed by atoms with E-state index in [9.17, 15) is 19.2 Å². The highest BCUT2D eigenvalue weighted by Crippen LogP contribution is 2.07. The van der Waals surface area contributed by atoms with Crippen LogP contribution in [0.1, 0.15) is 44.7 Å². The average Bonchev–Trinajstić information content (AvgIpc) is 2.84. The van der Waals surface area contributed by atoms with Crippen molar-refractivity contribution in [3.8, 4) is 0 Å². The van der Waals surface area contributed by atoms with Crippen LogP contribution in [0.2, 0.25) is 0 Å². The maximum Gasteiger partial charge on any atom is 0.315 e. The molecule has 0 aliphatic carbocycles. The van der Waals surface area contributed by atoms with Gasteiger partial charge >= 0.3 is 6.03 Å². The van der Waals surface area contributed by atoms with Gasteiger partial charge in [-0.2, -0.15) is 0 Å². The molecule has 0 fully saturated rings. The summed E-state index contributed by atoms with van der Waals surface area (Å²) in [5.41, 5.74) is 1.68. The molecular weight excluding hydrogens is 434 g/mol. The molecule has 0 saturated heterocycles. The number of carbonyl (C=O) groups excluding carboxylic acids is 4. The number of hydrogen-bond donors (Lipinski definition) is 4. The van der Waals surface area contributed by atoms with Gasteiger partial charge in [-0.05, 0) is 36.0 Å². The van der Waals surface area contributed by atoms with Crippen molar-refractivity contribution >= 4 is 23.6 Å². The minimum absolute atomic E-state index is 0.115. The lowest BCUT2D eigenvalue weighted by atomic mass is 10.0. The molecule has 0 saturated carbocycles. The Labute approximate surface area is 200 Å². The third kappa shape index (κ3) is 9.01. The molecular formula is C25H33N5O4. The standard InChI is InChI=1S/C25H33N5O4/c1-4-20(22(31)24(33)27-16-19-11-8-12-26-14-19)29-23(32)21(13-17(2)3)30-25(34)28-15-18-9-6-5-7-10-18/h5-12,14,17,20-21H,4,13,15-16H2,1-3H3,(H,27,33)(H,29,32)(H2,28,30,34). The minimum atomic E-state index is -0.995. The molecule has 9 nitrogen and oxygen atoms in total. The molecule has 1 heterocycles. The molecule has 2 rings (SSSR count). The number of rotatable bonds is 12. The highest BCUT2D eigenvalue weighted by atomic mass is 16.2. The summed E-state index contributed by atoms with van der Waals surface area (Å²) in [6.07, 6.45) is 3.82. The van der Waals surface area contributed by atoms with Crippen molar-refractivity contribution < 1.29 is 19.2 Å². The second-order valence-corrected chi connectivity index (χ2v) is 8.37. The molecule has 1 aromatic heterocycles. The van der Waals surface area contributed by atoms with E-state index in [1.54, 1.807) is 31.5 Å². The molecule has 0 bridgehead atoms. The third-order valence-electron chi connectivity index (χ3n) is 5.07. The van der Waals surface area contributed by atoms with Crippen molar-refractivity contribution in [2.45, 2.75) is 58.8 Å². The highest BCUT2D eigenvalue weighted by Gasteiger charge is 2.29. The predicted octanol–water partition coefficient (Wildman–Crippen LogP) is 2.08. The lowest BCUT2D eigenvalue weighted by Crippen LogP contribution is -2.55. The van der Waals surface area contributed by atoms with Crippen LogP contribution in [0.25, 0.3) is 0 Å². The van der Waals surface area contributed by atoms with E-state index in [0.29, 0.717) is 13.0 Å². The fraction of sp³-hybridized carbons (Fsp3) is 0.400. The van der Waals surface area contributed by atoms with Crippen LogP contribution in [0.4, 0.5) is 4.79 Å². The Bertz CT molecular complexity index is 950. The lowest BCUT2D eigenvalue weighted by Gasteiger charge is -2.23. The van der Waals surface area contributed by atoms with Crippen molar-refractivity contribution in [1.82, 2.24) is 26.3 Å². The van der Waals surface area contributed by atoms with Gasteiger partial charge in [-0.15, -0.1) is 0 Å². The fourth-order valence-corrected chi connectivity index (χ4v) is 3.25. The molecule has 2 aromatic rings. The molecule has 0 spiro atoms. The Hall–Kier alpha value is -3.75. The second kappa shape index (κ2) is 13.7. The zero-order valence-electron chi connectivity index (χ0n) is 19.8. The molecule has 0 aliphatic rings. The van der Waals surface area contributed by atoms with Gasteiger partial charge in [-0.25, -0.2) is 4.79 Å². The number of Topliss-reactive ketones (excluding diaryl/α,β-unsaturated/α-hetero) is 1. The maximum atomic E-state index is 12.9. The summed E-state index contributed by atoms with van der Waals surface area (Å²) in [5.74, 6) is -1.92. The lowest BCUT2D eigenvalue weighted by molar-refractivity contribution is -0.140. The largest absolute Gasteiger partial charge is 0.345 e. The van der Waals surface area contributed by atoms with Crippen LogP contribution in [0, 0.1) is 5.92 Å². The number of hydrogen-bond acceptors (Lipinski definition) is 5. The van der Waals surface area contributed by atoms with E-state index < -0.39 is 35.7 Å². The Morgan fingerprint density at radius 1 is 0.853 bits per heavy atom. The number of nitrogens with zero attached hydrogens (tertiary/aromatic N) is 1. The van der Waals surface area contributed by atoms with Crippen molar-refractivity contribution in [2.24, 2.45) is 5.92 Å². The molecule has 2 unspecified atom stereocenters. The molecule has 0 radical (unpaired) electrons. The number of nitrogens with one attached hydrogen (secondary N) is 4. The van der Waals surface area contributed by atoms with Crippen LogP contribution < -0.4 is 21.3 Å². The smallest absolute Gasteiger partial charge is 0.315 e. The normalized spacial score (nSPS) is 12.4. The molecule has 182 valence electrons. The van der Waals surface area contributed by atoms with Crippen LogP contribution in [0.3, 0.4) is 0 Å². The van der Waals surface area contributed by atoms with Gasteiger partial charge in [0.25, 0.3) is 5.91 Å². The number of aromatic nitrogens is 1. The summed E-state index contributed by atoms with van der Waals surface area (Å²) < 4.78 is 0. The first-order valence-electron chi connectivity index (χ1n) is 11.4. The van der Waals surface area contributed by atoms with E-state index in [4.69, 9.17) is 0 Å². The van der Waals surface area contributed by atoms with Crippen LogP contribution in [0.15, 0.2) is 54.9 Å². The number of urea groups is 1. The second-order valence-electron chi connectivity index (χ2n) is 8.37. The SMILES string of the molecule is CCC(NC(=O)C(CC(C)C)NC(=O)NCc1ccccc1)C(=O)C(=O)NCc1cccnc1. The minimum Gasteiger partial charge on any atom is -0.345 e. The van der Waals surface area contributed by atoms with E-state index in [1.165, 1.54) is 0 Å². The van der Waals surface area contributed by atoms with Gasteiger partial charge in [0.2, 0.25) is 11.7 Å². The van der Waals surface area contributed by atoms with Gasteiger partial charge in [0.15, 0.2) is 0 Å².